The molecule has 5 fully saturated rings. The van der Waals surface area contributed by atoms with E-state index in [1.165, 1.54) is 38.5 Å². The van der Waals surface area contributed by atoms with Crippen LogP contribution in [0, 0.1) is 29.1 Å². The second-order valence-corrected chi connectivity index (χ2v) is 10.2. The first-order chi connectivity index (χ1) is 13.0. The third kappa shape index (κ3) is 3.33. The Morgan fingerprint density at radius 1 is 0.963 bits per heavy atom. The lowest BCUT2D eigenvalue weighted by Crippen LogP contribution is -2.47. The molecule has 1 aromatic rings. The summed E-state index contributed by atoms with van der Waals surface area (Å²) in [6.45, 7) is 0.640. The van der Waals surface area contributed by atoms with Crippen LogP contribution in [0.4, 0.5) is 0 Å². The van der Waals surface area contributed by atoms with Crippen LogP contribution in [-0.4, -0.2) is 23.3 Å². The van der Waals surface area contributed by atoms with Crippen molar-refractivity contribution in [1.82, 2.24) is 4.90 Å². The van der Waals surface area contributed by atoms with Crippen molar-refractivity contribution in [1.29, 1.82) is 0 Å². The summed E-state index contributed by atoms with van der Waals surface area (Å²) in [7, 11) is 0. The van der Waals surface area contributed by atoms with Crippen molar-refractivity contribution >= 4 is 23.4 Å². The number of hydrogen-bond donors (Lipinski definition) is 0. The van der Waals surface area contributed by atoms with Gasteiger partial charge in [0.15, 0.2) is 0 Å². The summed E-state index contributed by atoms with van der Waals surface area (Å²) in [5, 5.41) is 0.699. The van der Waals surface area contributed by atoms with Crippen LogP contribution in [0.15, 0.2) is 24.3 Å². The third-order valence-electron chi connectivity index (χ3n) is 7.76. The number of imide groups is 1. The molecule has 3 nitrogen and oxygen atoms in total. The van der Waals surface area contributed by atoms with Gasteiger partial charge in [-0.25, -0.2) is 0 Å². The molecule has 4 saturated carbocycles. The molecule has 144 valence electrons. The Labute approximate surface area is 166 Å². The van der Waals surface area contributed by atoms with Gasteiger partial charge in [0.25, 0.3) is 0 Å². The molecule has 0 aromatic heterocycles. The minimum atomic E-state index is -0.199. The Morgan fingerprint density at radius 2 is 1.56 bits per heavy atom. The largest absolute Gasteiger partial charge is 0.282 e. The Morgan fingerprint density at radius 3 is 2.15 bits per heavy atom. The van der Waals surface area contributed by atoms with E-state index in [4.69, 9.17) is 11.6 Å². The van der Waals surface area contributed by atoms with E-state index in [2.05, 4.69) is 0 Å². The summed E-state index contributed by atoms with van der Waals surface area (Å²) in [5.41, 5.74) is 1.50. The molecule has 5 aliphatic rings. The Kier molecular flexibility index (Phi) is 4.34. The van der Waals surface area contributed by atoms with Gasteiger partial charge >= 0.3 is 0 Å². The fourth-order valence-electron chi connectivity index (χ4n) is 7.00. The summed E-state index contributed by atoms with van der Waals surface area (Å²) in [4.78, 5) is 27.0. The van der Waals surface area contributed by atoms with Gasteiger partial charge in [-0.05, 0) is 92.2 Å². The van der Waals surface area contributed by atoms with Crippen molar-refractivity contribution in [2.45, 2.75) is 57.8 Å². The van der Waals surface area contributed by atoms with E-state index in [0.717, 1.165) is 29.7 Å². The van der Waals surface area contributed by atoms with Crippen molar-refractivity contribution in [3.05, 3.63) is 34.9 Å². The van der Waals surface area contributed by atoms with Crippen molar-refractivity contribution < 1.29 is 9.59 Å². The maximum absolute atomic E-state index is 12.9. The lowest BCUT2D eigenvalue weighted by atomic mass is 9.49. The van der Waals surface area contributed by atoms with Gasteiger partial charge in [-0.1, -0.05) is 23.7 Å². The molecular weight excluding hydrogens is 358 g/mol. The summed E-state index contributed by atoms with van der Waals surface area (Å²) in [5.74, 6) is 2.62. The van der Waals surface area contributed by atoms with Gasteiger partial charge in [0.1, 0.15) is 0 Å². The number of rotatable bonds is 5. The molecule has 1 aliphatic heterocycles. The highest BCUT2D eigenvalue weighted by atomic mass is 35.5. The number of halogens is 1. The number of amides is 2. The van der Waals surface area contributed by atoms with Gasteiger partial charge in [0, 0.05) is 18.0 Å². The fraction of sp³-hybridized carbons (Fsp3) is 0.652. The molecule has 27 heavy (non-hydrogen) atoms. The van der Waals surface area contributed by atoms with E-state index < -0.39 is 0 Å². The molecule has 1 atom stereocenters. The van der Waals surface area contributed by atoms with E-state index in [1.54, 1.807) is 4.90 Å². The lowest BCUT2D eigenvalue weighted by molar-refractivity contribution is -0.140. The maximum atomic E-state index is 12.9. The molecule has 4 heteroatoms. The summed E-state index contributed by atoms with van der Waals surface area (Å²) >= 11 is 5.94. The minimum absolute atomic E-state index is 0.0312. The lowest BCUT2D eigenvalue weighted by Gasteiger charge is -2.57. The van der Waals surface area contributed by atoms with Crippen molar-refractivity contribution in [3.8, 4) is 0 Å². The van der Waals surface area contributed by atoms with Crippen LogP contribution in [0.5, 0.6) is 0 Å². The monoisotopic (exact) mass is 385 g/mol. The summed E-state index contributed by atoms with van der Waals surface area (Å²) < 4.78 is 0. The summed E-state index contributed by atoms with van der Waals surface area (Å²) in [6, 6.07) is 7.61. The van der Waals surface area contributed by atoms with Crippen LogP contribution < -0.4 is 0 Å². The molecule has 2 amide bonds. The normalized spacial score (nSPS) is 37.4. The fourth-order valence-corrected chi connectivity index (χ4v) is 7.12. The standard InChI is InChI=1S/C23H28ClNO2/c24-20-3-1-15(2-4-20)10-19-11-21(26)25(22(19)27)6-5-23-12-16-7-17(13-23)9-18(8-16)14-23/h1-4,16-19H,5-14H2. The predicted octanol–water partition coefficient (Wildman–Crippen LogP) is 4.86. The van der Waals surface area contributed by atoms with Crippen molar-refractivity contribution in [2.75, 3.05) is 6.54 Å². The molecule has 1 heterocycles. The van der Waals surface area contributed by atoms with Gasteiger partial charge in [-0.15, -0.1) is 0 Å². The van der Waals surface area contributed by atoms with Crippen LogP contribution in [0.25, 0.3) is 0 Å². The number of hydrogen-bond acceptors (Lipinski definition) is 2. The molecule has 1 unspecified atom stereocenters. The highest BCUT2D eigenvalue weighted by Crippen LogP contribution is 2.61. The second-order valence-electron chi connectivity index (χ2n) is 9.78. The van der Waals surface area contributed by atoms with Crippen LogP contribution in [0.1, 0.15) is 56.9 Å². The zero-order valence-corrected chi connectivity index (χ0v) is 16.6. The van der Waals surface area contributed by atoms with Gasteiger partial charge in [-0.2, -0.15) is 0 Å². The molecule has 0 N–H and O–H groups in total. The average molecular weight is 386 g/mol. The van der Waals surface area contributed by atoms with Gasteiger partial charge < -0.3 is 0 Å². The minimum Gasteiger partial charge on any atom is -0.282 e. The number of nitrogens with zero attached hydrogens (tertiary/aromatic N) is 1. The number of likely N-dealkylation sites (tertiary alicyclic amines) is 1. The molecule has 1 aromatic carbocycles. The Balaban J connectivity index is 1.23. The smallest absolute Gasteiger partial charge is 0.233 e. The number of carbonyl (C=O) groups excluding carboxylic acids is 2. The van der Waals surface area contributed by atoms with Crippen LogP contribution in [-0.2, 0) is 16.0 Å². The second kappa shape index (κ2) is 6.62. The summed E-state index contributed by atoms with van der Waals surface area (Å²) in [6.07, 6.45) is 10.3. The van der Waals surface area contributed by atoms with Crippen LogP contribution in [0.2, 0.25) is 5.02 Å². The van der Waals surface area contributed by atoms with Gasteiger partial charge in [0.05, 0.1) is 5.92 Å². The quantitative estimate of drug-likeness (QED) is 0.678. The molecule has 4 aliphatic carbocycles. The van der Waals surface area contributed by atoms with E-state index >= 15 is 0 Å². The zero-order chi connectivity index (χ0) is 18.6. The molecule has 4 bridgehead atoms. The molecule has 6 rings (SSSR count). The SMILES string of the molecule is O=C1CC(Cc2ccc(Cl)cc2)C(=O)N1CCC12CC3CC(CC(C3)C1)C2. The maximum Gasteiger partial charge on any atom is 0.233 e. The zero-order valence-electron chi connectivity index (χ0n) is 15.8. The Hall–Kier alpha value is -1.35. The first-order valence-corrected chi connectivity index (χ1v) is 11.0. The highest BCUT2D eigenvalue weighted by molar-refractivity contribution is 6.30. The van der Waals surface area contributed by atoms with E-state index in [-0.39, 0.29) is 17.7 Å². The molecule has 0 spiro atoms. The highest BCUT2D eigenvalue weighted by Gasteiger charge is 2.51. The first-order valence-electron chi connectivity index (χ1n) is 10.6. The van der Waals surface area contributed by atoms with Gasteiger partial charge in [-0.3, -0.25) is 14.5 Å². The molecule has 0 radical (unpaired) electrons. The van der Waals surface area contributed by atoms with Crippen molar-refractivity contribution in [3.63, 3.8) is 0 Å². The first kappa shape index (κ1) is 17.7. The number of benzene rings is 1. The van der Waals surface area contributed by atoms with E-state index in [0.29, 0.717) is 29.8 Å². The molecule has 1 saturated heterocycles. The number of carbonyl (C=O) groups is 2. The van der Waals surface area contributed by atoms with E-state index in [9.17, 15) is 9.59 Å². The third-order valence-corrected chi connectivity index (χ3v) is 8.02. The average Bonchev–Trinajstić information content (AvgIpc) is 2.87. The molecular formula is C23H28ClNO2. The van der Waals surface area contributed by atoms with E-state index in [1.807, 2.05) is 24.3 Å². The van der Waals surface area contributed by atoms with Crippen LogP contribution in [0.3, 0.4) is 0 Å². The van der Waals surface area contributed by atoms with Gasteiger partial charge in [0.2, 0.25) is 11.8 Å². The topological polar surface area (TPSA) is 37.4 Å². The van der Waals surface area contributed by atoms with Crippen molar-refractivity contribution in [2.24, 2.45) is 29.1 Å². The van der Waals surface area contributed by atoms with Crippen LogP contribution >= 0.6 is 11.6 Å². The predicted molar refractivity (Wildman–Crippen MR) is 105 cm³/mol. The Bertz CT molecular complexity index is 721.